The molecule has 0 aromatic rings. The number of aliphatic carboxylic acids is 1. The van der Waals surface area contributed by atoms with Gasteiger partial charge in [0.05, 0.1) is 6.04 Å². The summed E-state index contributed by atoms with van der Waals surface area (Å²) in [5, 5.41) is 9.03. The SMILES string of the molecule is CCC1CC(C(C)=O)N(C)C1C(=O)O. The summed E-state index contributed by atoms with van der Waals surface area (Å²) >= 11 is 0. The highest BCUT2D eigenvalue weighted by Crippen LogP contribution is 2.31. The van der Waals surface area contributed by atoms with Gasteiger partial charge in [-0.25, -0.2) is 0 Å². The lowest BCUT2D eigenvalue weighted by atomic mass is 9.95. The molecule has 0 spiro atoms. The lowest BCUT2D eigenvalue weighted by molar-refractivity contribution is -0.143. The first-order valence-electron chi connectivity index (χ1n) is 4.94. The Morgan fingerprint density at radius 1 is 1.50 bits per heavy atom. The first kappa shape index (κ1) is 11.2. The van der Waals surface area contributed by atoms with E-state index in [1.165, 1.54) is 6.92 Å². The molecule has 3 atom stereocenters. The number of carboxylic acids is 1. The fourth-order valence-electron chi connectivity index (χ4n) is 2.33. The number of carbonyl (C=O) groups excluding carboxylic acids is 1. The van der Waals surface area contributed by atoms with Crippen molar-refractivity contribution in [3.63, 3.8) is 0 Å². The van der Waals surface area contributed by atoms with Crippen LogP contribution in [0.3, 0.4) is 0 Å². The lowest BCUT2D eigenvalue weighted by Gasteiger charge is -2.22. The third-order valence-corrected chi connectivity index (χ3v) is 3.15. The van der Waals surface area contributed by atoms with Crippen LogP contribution in [0.15, 0.2) is 0 Å². The number of ketones is 1. The van der Waals surface area contributed by atoms with Gasteiger partial charge < -0.3 is 5.11 Å². The smallest absolute Gasteiger partial charge is 0.321 e. The summed E-state index contributed by atoms with van der Waals surface area (Å²) in [6.45, 7) is 3.50. The van der Waals surface area contributed by atoms with E-state index in [-0.39, 0.29) is 17.7 Å². The quantitative estimate of drug-likeness (QED) is 0.729. The lowest BCUT2D eigenvalue weighted by Crippen LogP contribution is -2.42. The van der Waals surface area contributed by atoms with Crippen molar-refractivity contribution in [3.05, 3.63) is 0 Å². The minimum Gasteiger partial charge on any atom is -0.480 e. The average molecular weight is 199 g/mol. The van der Waals surface area contributed by atoms with Crippen molar-refractivity contribution in [2.45, 2.75) is 38.8 Å². The first-order chi connectivity index (χ1) is 6.49. The zero-order chi connectivity index (χ0) is 10.9. The molecule has 80 valence electrons. The van der Waals surface area contributed by atoms with Gasteiger partial charge in [0.25, 0.3) is 0 Å². The zero-order valence-electron chi connectivity index (χ0n) is 8.86. The molecule has 1 saturated heterocycles. The van der Waals surface area contributed by atoms with Crippen LogP contribution in [0.2, 0.25) is 0 Å². The highest BCUT2D eigenvalue weighted by molar-refractivity contribution is 5.84. The summed E-state index contributed by atoms with van der Waals surface area (Å²) in [5.41, 5.74) is 0. The molecule has 0 aromatic carbocycles. The van der Waals surface area contributed by atoms with Gasteiger partial charge in [-0.2, -0.15) is 0 Å². The van der Waals surface area contributed by atoms with Crippen LogP contribution in [0.25, 0.3) is 0 Å². The highest BCUT2D eigenvalue weighted by Gasteiger charge is 2.43. The standard InChI is InChI=1S/C10H17NO3/c1-4-7-5-8(6(2)12)11(3)9(7)10(13)14/h7-9H,4-5H2,1-3H3,(H,13,14). The predicted molar refractivity (Wildman–Crippen MR) is 52.1 cm³/mol. The van der Waals surface area contributed by atoms with E-state index in [0.717, 1.165) is 6.42 Å². The second kappa shape index (κ2) is 4.09. The Hall–Kier alpha value is -0.900. The fraction of sp³-hybridized carbons (Fsp3) is 0.800. The topological polar surface area (TPSA) is 57.6 Å². The maximum absolute atomic E-state index is 11.3. The molecular weight excluding hydrogens is 182 g/mol. The van der Waals surface area contributed by atoms with E-state index in [4.69, 9.17) is 5.11 Å². The maximum Gasteiger partial charge on any atom is 0.321 e. The molecule has 1 N–H and O–H groups in total. The molecule has 1 heterocycles. The van der Waals surface area contributed by atoms with E-state index in [9.17, 15) is 9.59 Å². The van der Waals surface area contributed by atoms with Crippen molar-refractivity contribution in [3.8, 4) is 0 Å². The molecule has 0 aliphatic carbocycles. The minimum absolute atomic E-state index is 0.0645. The largest absolute Gasteiger partial charge is 0.480 e. The van der Waals surface area contributed by atoms with Crippen LogP contribution >= 0.6 is 0 Å². The Bertz CT molecular complexity index is 252. The van der Waals surface area contributed by atoms with Gasteiger partial charge >= 0.3 is 5.97 Å². The monoisotopic (exact) mass is 199 g/mol. The Morgan fingerprint density at radius 2 is 2.07 bits per heavy atom. The molecule has 1 aliphatic heterocycles. The van der Waals surface area contributed by atoms with Crippen molar-refractivity contribution in [2.75, 3.05) is 7.05 Å². The van der Waals surface area contributed by atoms with Gasteiger partial charge in [-0.1, -0.05) is 13.3 Å². The number of hydrogen-bond acceptors (Lipinski definition) is 3. The van der Waals surface area contributed by atoms with Crippen LogP contribution in [-0.4, -0.2) is 40.9 Å². The van der Waals surface area contributed by atoms with Gasteiger partial charge in [-0.05, 0) is 26.3 Å². The Kier molecular flexibility index (Phi) is 3.26. The van der Waals surface area contributed by atoms with E-state index < -0.39 is 12.0 Å². The summed E-state index contributed by atoms with van der Waals surface area (Å²) in [7, 11) is 1.72. The third kappa shape index (κ3) is 1.80. The van der Waals surface area contributed by atoms with Crippen LogP contribution in [0.4, 0.5) is 0 Å². The Balaban J connectivity index is 2.84. The van der Waals surface area contributed by atoms with Crippen LogP contribution in [-0.2, 0) is 9.59 Å². The number of Topliss-reactive ketones (excluding diaryl/α,β-unsaturated/α-hetero) is 1. The fourth-order valence-corrected chi connectivity index (χ4v) is 2.33. The number of carboxylic acid groups (broad SMARTS) is 1. The maximum atomic E-state index is 11.3. The molecular formula is C10H17NO3. The second-order valence-corrected chi connectivity index (χ2v) is 3.98. The first-order valence-corrected chi connectivity index (χ1v) is 4.94. The van der Waals surface area contributed by atoms with Gasteiger partial charge in [0.2, 0.25) is 0 Å². The van der Waals surface area contributed by atoms with E-state index in [1.807, 2.05) is 6.92 Å². The molecule has 0 radical (unpaired) electrons. The van der Waals surface area contributed by atoms with Crippen molar-refractivity contribution in [1.29, 1.82) is 0 Å². The van der Waals surface area contributed by atoms with Crippen molar-refractivity contribution in [1.82, 2.24) is 4.90 Å². The van der Waals surface area contributed by atoms with Gasteiger partial charge in [-0.3, -0.25) is 14.5 Å². The van der Waals surface area contributed by atoms with Crippen molar-refractivity contribution >= 4 is 11.8 Å². The van der Waals surface area contributed by atoms with E-state index >= 15 is 0 Å². The van der Waals surface area contributed by atoms with E-state index in [0.29, 0.717) is 6.42 Å². The molecule has 0 saturated carbocycles. The Morgan fingerprint density at radius 3 is 2.36 bits per heavy atom. The summed E-state index contributed by atoms with van der Waals surface area (Å²) in [6.07, 6.45) is 1.49. The van der Waals surface area contributed by atoms with E-state index in [2.05, 4.69) is 0 Å². The van der Waals surface area contributed by atoms with Crippen LogP contribution in [0.1, 0.15) is 26.7 Å². The molecule has 0 aromatic heterocycles. The van der Waals surface area contributed by atoms with E-state index in [1.54, 1.807) is 11.9 Å². The van der Waals surface area contributed by atoms with Crippen LogP contribution < -0.4 is 0 Å². The second-order valence-electron chi connectivity index (χ2n) is 3.98. The molecule has 4 nitrogen and oxygen atoms in total. The third-order valence-electron chi connectivity index (χ3n) is 3.15. The van der Waals surface area contributed by atoms with Crippen LogP contribution in [0.5, 0.6) is 0 Å². The number of likely N-dealkylation sites (tertiary alicyclic amines) is 1. The summed E-state index contributed by atoms with van der Waals surface area (Å²) < 4.78 is 0. The van der Waals surface area contributed by atoms with Crippen LogP contribution in [0, 0.1) is 5.92 Å². The molecule has 1 rings (SSSR count). The number of carbonyl (C=O) groups is 2. The number of rotatable bonds is 3. The number of likely N-dealkylation sites (N-methyl/N-ethyl adjacent to an activating group) is 1. The molecule has 1 fully saturated rings. The van der Waals surface area contributed by atoms with Crippen molar-refractivity contribution < 1.29 is 14.7 Å². The highest BCUT2D eigenvalue weighted by atomic mass is 16.4. The van der Waals surface area contributed by atoms with Gasteiger partial charge in [-0.15, -0.1) is 0 Å². The molecule has 14 heavy (non-hydrogen) atoms. The number of nitrogens with zero attached hydrogens (tertiary/aromatic N) is 1. The summed E-state index contributed by atoms with van der Waals surface area (Å²) in [4.78, 5) is 23.9. The average Bonchev–Trinajstić information content (AvgIpc) is 2.42. The zero-order valence-corrected chi connectivity index (χ0v) is 8.86. The number of hydrogen-bond donors (Lipinski definition) is 1. The van der Waals surface area contributed by atoms with Gasteiger partial charge in [0.15, 0.2) is 0 Å². The normalized spacial score (nSPS) is 33.2. The molecule has 4 heteroatoms. The summed E-state index contributed by atoms with van der Waals surface area (Å²) in [6, 6.07) is -0.699. The summed E-state index contributed by atoms with van der Waals surface area (Å²) in [5.74, 6) is -0.649. The van der Waals surface area contributed by atoms with Gasteiger partial charge in [0, 0.05) is 0 Å². The molecule has 0 amide bonds. The van der Waals surface area contributed by atoms with Gasteiger partial charge in [0.1, 0.15) is 11.8 Å². The molecule has 0 bridgehead atoms. The molecule has 1 aliphatic rings. The molecule has 3 unspecified atom stereocenters. The predicted octanol–water partition coefficient (Wildman–Crippen LogP) is 0.759. The van der Waals surface area contributed by atoms with Crippen molar-refractivity contribution in [2.24, 2.45) is 5.92 Å². The minimum atomic E-state index is -0.817. The Labute approximate surface area is 83.9 Å².